The topological polar surface area (TPSA) is 93.0 Å². The van der Waals surface area contributed by atoms with Crippen LogP contribution in [0.1, 0.15) is 5.56 Å². The zero-order valence-electron chi connectivity index (χ0n) is 8.33. The summed E-state index contributed by atoms with van der Waals surface area (Å²) in [6.07, 6.45) is -0.0784. The summed E-state index contributed by atoms with van der Waals surface area (Å²) < 4.78 is 0. The smallest absolute Gasteiger partial charge is 0.328 e. The van der Waals surface area contributed by atoms with Crippen molar-refractivity contribution in [2.75, 3.05) is 0 Å². The molecular weight excluding hydrogens is 209 g/mol. The van der Waals surface area contributed by atoms with E-state index >= 15 is 0 Å². The highest BCUT2D eigenvalue weighted by atomic mass is 16.4. The third kappa shape index (κ3) is 3.31. The van der Waals surface area contributed by atoms with Crippen molar-refractivity contribution in [1.82, 2.24) is 0 Å². The molecule has 6 heteroatoms. The van der Waals surface area contributed by atoms with Crippen molar-refractivity contribution in [3.63, 3.8) is 0 Å². The van der Waals surface area contributed by atoms with Crippen LogP contribution in [-0.2, 0) is 11.2 Å². The van der Waals surface area contributed by atoms with Gasteiger partial charge in [0.15, 0.2) is 0 Å². The van der Waals surface area contributed by atoms with Crippen molar-refractivity contribution >= 4 is 19.6 Å². The predicted molar refractivity (Wildman–Crippen MR) is 56.4 cm³/mol. The Morgan fingerprint density at radius 2 is 2.12 bits per heavy atom. The van der Waals surface area contributed by atoms with Crippen molar-refractivity contribution in [2.45, 2.75) is 12.5 Å². The molecule has 1 aromatic carbocycles. The van der Waals surface area contributed by atoms with E-state index in [1.807, 2.05) is 0 Å². The molecular formula is C10H9BNO4-. The maximum atomic E-state index is 10.8. The molecule has 1 atom stereocenters. The van der Waals surface area contributed by atoms with Gasteiger partial charge in [0.25, 0.3) is 0 Å². The van der Waals surface area contributed by atoms with Gasteiger partial charge in [-0.15, -0.1) is 0 Å². The highest BCUT2D eigenvalue weighted by Gasteiger charge is 2.17. The quantitative estimate of drug-likeness (QED) is 0.396. The highest BCUT2D eigenvalue weighted by Crippen LogP contribution is 2.18. The molecule has 2 N–H and O–H groups in total. The van der Waals surface area contributed by atoms with Gasteiger partial charge >= 0.3 is 5.97 Å². The van der Waals surface area contributed by atoms with Crippen molar-refractivity contribution in [3.8, 4) is 5.75 Å². The summed E-state index contributed by atoms with van der Waals surface area (Å²) in [7, 11) is 4.79. The van der Waals surface area contributed by atoms with Gasteiger partial charge in [-0.1, -0.05) is 24.0 Å². The van der Waals surface area contributed by atoms with Crippen molar-refractivity contribution in [1.29, 1.82) is 0 Å². The molecule has 0 amide bonds. The van der Waals surface area contributed by atoms with Crippen LogP contribution in [-0.4, -0.2) is 35.9 Å². The summed E-state index contributed by atoms with van der Waals surface area (Å²) in [5, 5.41) is 28.7. The average molecular weight is 218 g/mol. The number of aliphatic imine (C=N–C) groups is 1. The van der Waals surface area contributed by atoms with E-state index in [1.165, 1.54) is 6.07 Å². The molecule has 0 saturated heterocycles. The van der Waals surface area contributed by atoms with E-state index in [9.17, 15) is 15.0 Å². The summed E-state index contributed by atoms with van der Waals surface area (Å²) in [5.41, 5.74) is 0.403. The number of aromatic hydroxyl groups is 1. The molecule has 82 valence electrons. The first-order valence-electron chi connectivity index (χ1n) is 4.50. The molecule has 0 bridgehead atoms. The molecule has 16 heavy (non-hydrogen) atoms. The first kappa shape index (κ1) is 12.1. The highest BCUT2D eigenvalue weighted by molar-refractivity contribution is 6.55. The normalized spacial score (nSPS) is 13.4. The second-order valence-electron chi connectivity index (χ2n) is 3.15. The molecule has 0 aliphatic rings. The molecule has 1 rings (SSSR count). The van der Waals surface area contributed by atoms with E-state index in [1.54, 1.807) is 18.2 Å². The second kappa shape index (κ2) is 5.20. The summed E-state index contributed by atoms with van der Waals surface area (Å²) in [5.74, 6) is -2.33. The van der Waals surface area contributed by atoms with Crippen LogP contribution in [0.3, 0.4) is 0 Å². The van der Waals surface area contributed by atoms with Gasteiger partial charge in [-0.3, -0.25) is 0 Å². The molecule has 0 aliphatic carbocycles. The molecule has 0 saturated carbocycles. The standard InChI is InChI=1S/C10H10BNO4/c11-10(16)12-7(9(14)15)5-6-3-1-2-4-8(6)13/h1-4,7,13H,5H2,(H,12,16)(H,14,15)/p-1/t7-/m1/s1. The van der Waals surface area contributed by atoms with Gasteiger partial charge in [-0.2, -0.15) is 0 Å². The molecule has 0 spiro atoms. The number of phenols is 1. The Hall–Kier alpha value is -1.98. The number of carbonyl (C=O) groups is 1. The van der Waals surface area contributed by atoms with Crippen LogP contribution in [0, 0.1) is 0 Å². The Kier molecular flexibility index (Phi) is 3.93. The number of phenolic OH excluding ortho intramolecular Hbond substituents is 1. The number of hydrogen-bond donors (Lipinski definition) is 2. The van der Waals surface area contributed by atoms with Crippen molar-refractivity contribution in [2.24, 2.45) is 4.99 Å². The van der Waals surface area contributed by atoms with Crippen molar-refractivity contribution < 1.29 is 20.1 Å². The Balaban J connectivity index is 2.89. The summed E-state index contributed by atoms with van der Waals surface area (Å²) in [4.78, 5) is 14.0. The van der Waals surface area contributed by atoms with Crippen LogP contribution in [0.25, 0.3) is 0 Å². The van der Waals surface area contributed by atoms with Crippen LogP contribution < -0.4 is 5.11 Å². The Morgan fingerprint density at radius 3 is 2.62 bits per heavy atom. The Labute approximate surface area is 93.5 Å². The van der Waals surface area contributed by atoms with Gasteiger partial charge in [0.1, 0.15) is 19.6 Å². The average Bonchev–Trinajstić information content (AvgIpc) is 2.19. The maximum absolute atomic E-state index is 10.8. The minimum atomic E-state index is -1.27. The number of benzene rings is 1. The summed E-state index contributed by atoms with van der Waals surface area (Å²) in [6, 6.07) is 4.98. The van der Waals surface area contributed by atoms with E-state index < -0.39 is 17.8 Å². The van der Waals surface area contributed by atoms with Gasteiger partial charge in [-0.25, -0.2) is 4.79 Å². The first-order valence-corrected chi connectivity index (χ1v) is 4.50. The number of hydrogen-bond acceptors (Lipinski definition) is 4. The lowest BCUT2D eigenvalue weighted by molar-refractivity contribution is -0.208. The third-order valence-corrected chi connectivity index (χ3v) is 1.97. The number of rotatable bonds is 4. The Bertz CT molecular complexity index is 415. The van der Waals surface area contributed by atoms with Crippen LogP contribution >= 0.6 is 0 Å². The molecule has 0 unspecified atom stereocenters. The molecule has 5 nitrogen and oxygen atoms in total. The van der Waals surface area contributed by atoms with E-state index in [0.29, 0.717) is 5.56 Å². The number of nitrogens with zero attached hydrogens (tertiary/aromatic N) is 1. The molecule has 0 fully saturated rings. The lowest BCUT2D eigenvalue weighted by atomic mass is 10.0. The van der Waals surface area contributed by atoms with Gasteiger partial charge in [0, 0.05) is 6.42 Å². The number of carboxylic acids is 1. The van der Waals surface area contributed by atoms with Gasteiger partial charge in [0.05, 0.1) is 0 Å². The van der Waals surface area contributed by atoms with Crippen LogP contribution in [0.4, 0.5) is 0 Å². The number of para-hydroxylation sites is 1. The van der Waals surface area contributed by atoms with Gasteiger partial charge < -0.3 is 20.3 Å². The van der Waals surface area contributed by atoms with E-state index in [-0.39, 0.29) is 12.2 Å². The van der Waals surface area contributed by atoms with E-state index in [2.05, 4.69) is 4.99 Å². The monoisotopic (exact) mass is 218 g/mol. The van der Waals surface area contributed by atoms with E-state index in [4.69, 9.17) is 13.0 Å². The molecule has 0 aliphatic heterocycles. The molecule has 0 heterocycles. The molecule has 0 aromatic heterocycles. The predicted octanol–water partition coefficient (Wildman–Crippen LogP) is -0.727. The third-order valence-electron chi connectivity index (χ3n) is 1.97. The minimum Gasteiger partial charge on any atom is -0.870 e. The zero-order chi connectivity index (χ0) is 12.1. The lowest BCUT2D eigenvalue weighted by Crippen LogP contribution is -2.27. The van der Waals surface area contributed by atoms with Crippen LogP contribution in [0.2, 0.25) is 0 Å². The summed E-state index contributed by atoms with van der Waals surface area (Å²) in [6.45, 7) is 0. The number of carboxylic acid groups (broad SMARTS) is 1. The summed E-state index contributed by atoms with van der Waals surface area (Å²) >= 11 is 0. The molecule has 2 radical (unpaired) electrons. The fourth-order valence-electron chi connectivity index (χ4n) is 1.23. The zero-order valence-corrected chi connectivity index (χ0v) is 8.33. The largest absolute Gasteiger partial charge is 0.870 e. The van der Waals surface area contributed by atoms with Gasteiger partial charge in [0.2, 0.25) is 0 Å². The lowest BCUT2D eigenvalue weighted by Gasteiger charge is -2.12. The van der Waals surface area contributed by atoms with Crippen LogP contribution in [0.5, 0.6) is 5.75 Å². The van der Waals surface area contributed by atoms with Crippen molar-refractivity contribution in [3.05, 3.63) is 29.8 Å². The second-order valence-corrected chi connectivity index (χ2v) is 3.15. The minimum absolute atomic E-state index is 0.0339. The van der Waals surface area contributed by atoms with Gasteiger partial charge in [-0.05, 0) is 11.6 Å². The fourth-order valence-corrected chi connectivity index (χ4v) is 1.23. The molecule has 1 aromatic rings. The fraction of sp³-hybridized carbons (Fsp3) is 0.200. The van der Waals surface area contributed by atoms with E-state index in [0.717, 1.165) is 0 Å². The maximum Gasteiger partial charge on any atom is 0.328 e. The Morgan fingerprint density at radius 1 is 1.50 bits per heavy atom. The SMILES string of the molecule is [B]C([O-])=N[C@H](Cc1ccccc1O)C(=O)O. The number of aliphatic carboxylic acids is 1. The first-order chi connectivity index (χ1) is 7.50. The van der Waals surface area contributed by atoms with Crippen LogP contribution in [0.15, 0.2) is 29.3 Å².